The molecule has 5 rings (SSSR count). The predicted molar refractivity (Wildman–Crippen MR) is 114 cm³/mol. The Morgan fingerprint density at radius 1 is 0.464 bits per heavy atom. The van der Waals surface area contributed by atoms with Crippen LogP contribution in [-0.4, -0.2) is 15.0 Å². The summed E-state index contributed by atoms with van der Waals surface area (Å²) in [6.07, 6.45) is 1.57. The third-order valence-corrected chi connectivity index (χ3v) is 4.85. The van der Waals surface area contributed by atoms with E-state index in [4.69, 9.17) is 0 Å². The lowest BCUT2D eigenvalue weighted by molar-refractivity contribution is 1.07. The first kappa shape index (κ1) is 16.3. The summed E-state index contributed by atoms with van der Waals surface area (Å²) in [7, 11) is 0. The van der Waals surface area contributed by atoms with Crippen molar-refractivity contribution in [3.63, 3.8) is 0 Å². The molecule has 28 heavy (non-hydrogen) atoms. The van der Waals surface area contributed by atoms with Gasteiger partial charge in [-0.25, -0.2) is 15.0 Å². The van der Waals surface area contributed by atoms with Crippen molar-refractivity contribution in [1.29, 1.82) is 0 Å². The van der Waals surface area contributed by atoms with Gasteiger partial charge in [-0.05, 0) is 21.9 Å². The second-order valence-electron chi connectivity index (χ2n) is 6.60. The first-order valence-corrected chi connectivity index (χ1v) is 9.21. The van der Waals surface area contributed by atoms with Gasteiger partial charge < -0.3 is 0 Å². The molecule has 0 fully saturated rings. The maximum absolute atomic E-state index is 4.64. The fourth-order valence-electron chi connectivity index (χ4n) is 3.44. The molecule has 3 heteroatoms. The van der Waals surface area contributed by atoms with Gasteiger partial charge in [0, 0.05) is 11.1 Å². The molecule has 1 aromatic heterocycles. The molecule has 0 saturated carbocycles. The Morgan fingerprint density at radius 3 is 1.86 bits per heavy atom. The first-order valence-electron chi connectivity index (χ1n) is 9.21. The monoisotopic (exact) mass is 359 g/mol. The van der Waals surface area contributed by atoms with Crippen LogP contribution in [0, 0.1) is 0 Å². The molecule has 3 nitrogen and oxygen atoms in total. The van der Waals surface area contributed by atoms with Gasteiger partial charge in [0.2, 0.25) is 0 Å². The third-order valence-electron chi connectivity index (χ3n) is 4.85. The molecule has 0 spiro atoms. The summed E-state index contributed by atoms with van der Waals surface area (Å²) >= 11 is 0. The maximum Gasteiger partial charge on any atom is 0.163 e. The van der Waals surface area contributed by atoms with Gasteiger partial charge in [-0.1, -0.05) is 97.1 Å². The zero-order chi connectivity index (χ0) is 18.8. The van der Waals surface area contributed by atoms with Crippen LogP contribution >= 0.6 is 0 Å². The molecule has 4 aromatic carbocycles. The number of rotatable bonds is 3. The zero-order valence-corrected chi connectivity index (χ0v) is 15.2. The van der Waals surface area contributed by atoms with Crippen molar-refractivity contribution in [1.82, 2.24) is 15.0 Å². The topological polar surface area (TPSA) is 38.7 Å². The summed E-state index contributed by atoms with van der Waals surface area (Å²) in [5.74, 6) is 1.36. The Bertz CT molecular complexity index is 1240. The van der Waals surface area contributed by atoms with Gasteiger partial charge in [0.1, 0.15) is 6.33 Å². The minimum absolute atomic E-state index is 0.679. The fraction of sp³-hybridized carbons (Fsp3) is 0. The fourth-order valence-corrected chi connectivity index (χ4v) is 3.44. The van der Waals surface area contributed by atoms with E-state index in [1.54, 1.807) is 6.33 Å². The molecule has 0 amide bonds. The third kappa shape index (κ3) is 3.03. The summed E-state index contributed by atoms with van der Waals surface area (Å²) in [5, 5.41) is 2.50. The number of hydrogen-bond donors (Lipinski definition) is 0. The molecule has 132 valence electrons. The van der Waals surface area contributed by atoms with Crippen LogP contribution in [-0.2, 0) is 0 Å². The predicted octanol–water partition coefficient (Wildman–Crippen LogP) is 6.03. The molecule has 0 aliphatic carbocycles. The summed E-state index contributed by atoms with van der Waals surface area (Å²) in [6, 6.07) is 33.2. The van der Waals surface area contributed by atoms with Crippen LogP contribution in [0.5, 0.6) is 0 Å². The van der Waals surface area contributed by atoms with E-state index < -0.39 is 0 Å². The average Bonchev–Trinajstić information content (AvgIpc) is 2.79. The van der Waals surface area contributed by atoms with Crippen LogP contribution in [0.3, 0.4) is 0 Å². The summed E-state index contributed by atoms with van der Waals surface area (Å²) in [5.41, 5.74) is 4.37. The van der Waals surface area contributed by atoms with Crippen molar-refractivity contribution in [3.05, 3.63) is 103 Å². The normalized spacial score (nSPS) is 10.9. The van der Waals surface area contributed by atoms with E-state index in [2.05, 4.69) is 81.7 Å². The van der Waals surface area contributed by atoms with Gasteiger partial charge in [-0.15, -0.1) is 0 Å². The molecule has 0 aliphatic rings. The zero-order valence-electron chi connectivity index (χ0n) is 15.2. The Morgan fingerprint density at radius 2 is 1.07 bits per heavy atom. The Hall–Kier alpha value is -3.85. The largest absolute Gasteiger partial charge is 0.217 e. The van der Waals surface area contributed by atoms with Crippen molar-refractivity contribution < 1.29 is 0 Å². The van der Waals surface area contributed by atoms with Gasteiger partial charge in [0.15, 0.2) is 11.6 Å². The minimum Gasteiger partial charge on any atom is -0.217 e. The van der Waals surface area contributed by atoms with Crippen LogP contribution < -0.4 is 0 Å². The molecule has 0 aliphatic heterocycles. The van der Waals surface area contributed by atoms with E-state index in [0.29, 0.717) is 11.6 Å². The highest BCUT2D eigenvalue weighted by Gasteiger charge is 2.08. The molecular formula is C25H17N3. The van der Waals surface area contributed by atoms with E-state index in [1.807, 2.05) is 30.3 Å². The second-order valence-corrected chi connectivity index (χ2v) is 6.60. The van der Waals surface area contributed by atoms with E-state index in [-0.39, 0.29) is 0 Å². The average molecular weight is 359 g/mol. The summed E-state index contributed by atoms with van der Waals surface area (Å²) < 4.78 is 0. The lowest BCUT2D eigenvalue weighted by atomic mass is 9.97. The number of benzene rings is 4. The summed E-state index contributed by atoms with van der Waals surface area (Å²) in [4.78, 5) is 13.3. The lowest BCUT2D eigenvalue weighted by Gasteiger charge is -2.08. The van der Waals surface area contributed by atoms with Crippen molar-refractivity contribution in [2.45, 2.75) is 0 Å². The van der Waals surface area contributed by atoms with Crippen molar-refractivity contribution in [2.75, 3.05) is 0 Å². The van der Waals surface area contributed by atoms with Gasteiger partial charge in [-0.2, -0.15) is 0 Å². The van der Waals surface area contributed by atoms with Crippen molar-refractivity contribution in [2.24, 2.45) is 0 Å². The maximum atomic E-state index is 4.64. The molecule has 0 saturated heterocycles. The summed E-state index contributed by atoms with van der Waals surface area (Å²) in [6.45, 7) is 0. The van der Waals surface area contributed by atoms with E-state index in [9.17, 15) is 0 Å². The molecule has 0 atom stereocenters. The molecule has 0 unspecified atom stereocenters. The molecule has 0 radical (unpaired) electrons. The standard InChI is InChI=1S/C25H17N3/c1-2-8-20(9-3-1)24-26-17-27-25(28-24)21-15-13-19(14-16-21)23-12-6-10-18-7-4-5-11-22(18)23/h1-17H. The number of aromatic nitrogens is 3. The first-order chi connectivity index (χ1) is 13.9. The van der Waals surface area contributed by atoms with Crippen LogP contribution in [0.1, 0.15) is 0 Å². The minimum atomic E-state index is 0.679. The Kier molecular flexibility index (Phi) is 4.11. The molecule has 1 heterocycles. The van der Waals surface area contributed by atoms with E-state index in [0.717, 1.165) is 11.1 Å². The van der Waals surface area contributed by atoms with Gasteiger partial charge in [-0.3, -0.25) is 0 Å². The quantitative estimate of drug-likeness (QED) is 0.395. The van der Waals surface area contributed by atoms with Gasteiger partial charge in [0.25, 0.3) is 0 Å². The lowest BCUT2D eigenvalue weighted by Crippen LogP contribution is -1.95. The molecule has 0 bridgehead atoms. The number of fused-ring (bicyclic) bond motifs is 1. The Labute approximate surface area is 163 Å². The molecule has 5 aromatic rings. The van der Waals surface area contributed by atoms with E-state index >= 15 is 0 Å². The van der Waals surface area contributed by atoms with E-state index in [1.165, 1.54) is 21.9 Å². The van der Waals surface area contributed by atoms with Gasteiger partial charge >= 0.3 is 0 Å². The highest BCUT2D eigenvalue weighted by atomic mass is 15.0. The van der Waals surface area contributed by atoms with Crippen molar-refractivity contribution in [3.8, 4) is 33.9 Å². The smallest absolute Gasteiger partial charge is 0.163 e. The molecule has 0 N–H and O–H groups in total. The highest BCUT2D eigenvalue weighted by Crippen LogP contribution is 2.30. The SMILES string of the molecule is c1ccc(-c2ncnc(-c3ccc(-c4cccc5ccccc45)cc3)n2)cc1. The van der Waals surface area contributed by atoms with Crippen LogP contribution in [0.25, 0.3) is 44.7 Å². The number of nitrogens with zero attached hydrogens (tertiary/aromatic N) is 3. The van der Waals surface area contributed by atoms with Crippen LogP contribution in [0.15, 0.2) is 103 Å². The van der Waals surface area contributed by atoms with Gasteiger partial charge in [0.05, 0.1) is 0 Å². The Balaban J connectivity index is 1.52. The highest BCUT2D eigenvalue weighted by molar-refractivity contribution is 5.96. The second kappa shape index (κ2) is 7.05. The van der Waals surface area contributed by atoms with Crippen molar-refractivity contribution >= 4 is 10.8 Å². The molecular weight excluding hydrogens is 342 g/mol. The van der Waals surface area contributed by atoms with Crippen LogP contribution in [0.4, 0.5) is 0 Å². The number of hydrogen-bond acceptors (Lipinski definition) is 3. The van der Waals surface area contributed by atoms with Crippen LogP contribution in [0.2, 0.25) is 0 Å².